The Kier molecular flexibility index (Phi) is 5.93. The Balaban J connectivity index is 1.22. The van der Waals surface area contributed by atoms with E-state index in [0.717, 1.165) is 28.7 Å². The summed E-state index contributed by atoms with van der Waals surface area (Å²) < 4.78 is 0. The van der Waals surface area contributed by atoms with Crippen LogP contribution in [0.15, 0.2) is 151 Å². The summed E-state index contributed by atoms with van der Waals surface area (Å²) in [7, 11) is 0. The Morgan fingerprint density at radius 1 is 0.500 bits per heavy atom. The SMILES string of the molecule is C1=CC2=CC(c3nc(-c4ccc(-c5ccc6ccccc6c5)cc4)nc(-c4ccc5ccccc5c4)n3)=CCC2C=C1. The summed E-state index contributed by atoms with van der Waals surface area (Å²) in [6.45, 7) is 0. The Labute approximate surface area is 245 Å². The molecule has 1 atom stereocenters. The second kappa shape index (κ2) is 10.2. The van der Waals surface area contributed by atoms with Crippen LogP contribution < -0.4 is 0 Å². The van der Waals surface area contributed by atoms with Gasteiger partial charge in [-0.3, -0.25) is 0 Å². The molecule has 0 aliphatic heterocycles. The molecule has 0 fully saturated rings. The second-order valence-corrected chi connectivity index (χ2v) is 10.9. The zero-order valence-electron chi connectivity index (χ0n) is 23.0. The number of hydrogen-bond acceptors (Lipinski definition) is 3. The molecule has 2 aliphatic carbocycles. The molecule has 5 aromatic carbocycles. The summed E-state index contributed by atoms with van der Waals surface area (Å²) in [6, 6.07) is 38.4. The molecule has 3 nitrogen and oxygen atoms in total. The van der Waals surface area contributed by atoms with Crippen LogP contribution in [0.25, 0.3) is 61.0 Å². The van der Waals surface area contributed by atoms with Crippen LogP contribution in [0.4, 0.5) is 0 Å². The van der Waals surface area contributed by atoms with E-state index in [1.165, 1.54) is 32.7 Å². The third kappa shape index (κ3) is 4.55. The van der Waals surface area contributed by atoms with Crippen molar-refractivity contribution in [3.8, 4) is 33.9 Å². The molecule has 0 saturated heterocycles. The van der Waals surface area contributed by atoms with E-state index >= 15 is 0 Å². The lowest BCUT2D eigenvalue weighted by Gasteiger charge is -2.20. The monoisotopic (exact) mass is 537 g/mol. The first-order valence-electron chi connectivity index (χ1n) is 14.4. The maximum atomic E-state index is 5.02. The largest absolute Gasteiger partial charge is 0.208 e. The molecule has 1 aromatic heterocycles. The Bertz CT molecular complexity index is 2110. The van der Waals surface area contributed by atoms with Gasteiger partial charge in [-0.1, -0.05) is 127 Å². The van der Waals surface area contributed by atoms with Crippen molar-refractivity contribution in [2.45, 2.75) is 6.42 Å². The molecule has 198 valence electrons. The molecule has 1 unspecified atom stereocenters. The molecule has 1 heterocycles. The summed E-state index contributed by atoms with van der Waals surface area (Å²) >= 11 is 0. The van der Waals surface area contributed by atoms with E-state index in [9.17, 15) is 0 Å². The van der Waals surface area contributed by atoms with E-state index in [1.807, 2.05) is 0 Å². The lowest BCUT2D eigenvalue weighted by atomic mass is 9.85. The number of allylic oxidation sites excluding steroid dienone is 8. The molecular weight excluding hydrogens is 510 g/mol. The van der Waals surface area contributed by atoms with Gasteiger partial charge in [0.1, 0.15) is 0 Å². The maximum Gasteiger partial charge on any atom is 0.164 e. The Morgan fingerprint density at radius 3 is 1.81 bits per heavy atom. The van der Waals surface area contributed by atoms with Crippen molar-refractivity contribution in [1.82, 2.24) is 15.0 Å². The number of rotatable bonds is 4. The Morgan fingerprint density at radius 2 is 1.07 bits per heavy atom. The van der Waals surface area contributed by atoms with Crippen molar-refractivity contribution in [3.63, 3.8) is 0 Å². The van der Waals surface area contributed by atoms with E-state index < -0.39 is 0 Å². The Hall–Kier alpha value is -5.41. The smallest absolute Gasteiger partial charge is 0.164 e. The van der Waals surface area contributed by atoms with E-state index in [1.54, 1.807) is 0 Å². The van der Waals surface area contributed by atoms with E-state index in [4.69, 9.17) is 15.0 Å². The van der Waals surface area contributed by atoms with Crippen molar-refractivity contribution in [2.75, 3.05) is 0 Å². The van der Waals surface area contributed by atoms with Gasteiger partial charge < -0.3 is 0 Å². The molecule has 0 bridgehead atoms. The van der Waals surface area contributed by atoms with Gasteiger partial charge in [0, 0.05) is 22.6 Å². The molecule has 0 spiro atoms. The standard InChI is InChI=1S/C39H27N3/c1-4-10-31-23-34(20-15-26(31)7-1)29-13-18-30(19-14-29)37-40-38(35-21-16-27-8-2-5-11-32(27)24-35)42-39(41-37)36-22-17-28-9-3-6-12-33(28)25-36/h1-16,18-25,28H,17H2. The highest BCUT2D eigenvalue weighted by Crippen LogP contribution is 2.34. The fourth-order valence-corrected chi connectivity index (χ4v) is 5.89. The first-order valence-corrected chi connectivity index (χ1v) is 14.4. The third-order valence-electron chi connectivity index (χ3n) is 8.21. The molecule has 0 radical (unpaired) electrons. The minimum Gasteiger partial charge on any atom is -0.208 e. The highest BCUT2D eigenvalue weighted by atomic mass is 15.0. The molecule has 0 amide bonds. The minimum atomic E-state index is 0.419. The molecular formula is C39H27N3. The van der Waals surface area contributed by atoms with Crippen LogP contribution in [0, 0.1) is 5.92 Å². The molecule has 42 heavy (non-hydrogen) atoms. The van der Waals surface area contributed by atoms with Gasteiger partial charge in [-0.05, 0) is 62.9 Å². The van der Waals surface area contributed by atoms with Crippen molar-refractivity contribution >= 4 is 27.1 Å². The summed E-state index contributed by atoms with van der Waals surface area (Å²) in [4.78, 5) is 15.0. The van der Waals surface area contributed by atoms with E-state index in [-0.39, 0.29) is 0 Å². The summed E-state index contributed by atoms with van der Waals surface area (Å²) in [5.41, 5.74) is 6.64. The van der Waals surface area contributed by atoms with Gasteiger partial charge in [0.2, 0.25) is 0 Å². The van der Waals surface area contributed by atoms with Crippen LogP contribution in [-0.2, 0) is 0 Å². The molecule has 0 N–H and O–H groups in total. The van der Waals surface area contributed by atoms with E-state index in [0.29, 0.717) is 23.4 Å². The average molecular weight is 538 g/mol. The summed E-state index contributed by atoms with van der Waals surface area (Å²) in [5.74, 6) is 2.48. The number of aromatic nitrogens is 3. The second-order valence-electron chi connectivity index (χ2n) is 10.9. The van der Waals surface area contributed by atoms with Crippen LogP contribution in [0.3, 0.4) is 0 Å². The van der Waals surface area contributed by atoms with Crippen molar-refractivity contribution in [2.24, 2.45) is 5.92 Å². The highest BCUT2D eigenvalue weighted by Gasteiger charge is 2.19. The highest BCUT2D eigenvalue weighted by molar-refractivity contribution is 5.88. The first-order chi connectivity index (χ1) is 20.8. The van der Waals surface area contributed by atoms with Crippen LogP contribution in [0.5, 0.6) is 0 Å². The number of fused-ring (bicyclic) bond motifs is 3. The van der Waals surface area contributed by atoms with E-state index in [2.05, 4.69) is 146 Å². The van der Waals surface area contributed by atoms with Crippen molar-refractivity contribution < 1.29 is 0 Å². The van der Waals surface area contributed by atoms with Crippen LogP contribution in [0.2, 0.25) is 0 Å². The van der Waals surface area contributed by atoms with Gasteiger partial charge in [0.05, 0.1) is 0 Å². The first kappa shape index (κ1) is 24.4. The fraction of sp³-hybridized carbons (Fsp3) is 0.0513. The van der Waals surface area contributed by atoms with Gasteiger partial charge >= 0.3 is 0 Å². The third-order valence-corrected chi connectivity index (χ3v) is 8.21. The van der Waals surface area contributed by atoms with Crippen molar-refractivity contribution in [1.29, 1.82) is 0 Å². The average Bonchev–Trinajstić information content (AvgIpc) is 3.07. The topological polar surface area (TPSA) is 38.7 Å². The van der Waals surface area contributed by atoms with Crippen molar-refractivity contribution in [3.05, 3.63) is 157 Å². The van der Waals surface area contributed by atoms with Gasteiger partial charge in [-0.2, -0.15) is 0 Å². The summed E-state index contributed by atoms with van der Waals surface area (Å²) in [6.07, 6.45) is 14.1. The van der Waals surface area contributed by atoms with Gasteiger partial charge in [0.15, 0.2) is 17.5 Å². The maximum absolute atomic E-state index is 5.02. The number of hydrogen-bond donors (Lipinski definition) is 0. The molecule has 3 heteroatoms. The quantitative estimate of drug-likeness (QED) is 0.225. The molecule has 8 rings (SSSR count). The predicted octanol–water partition coefficient (Wildman–Crippen LogP) is 9.63. The summed E-state index contributed by atoms with van der Waals surface area (Å²) in [5, 5.41) is 4.85. The lowest BCUT2D eigenvalue weighted by Crippen LogP contribution is -2.08. The molecule has 2 aliphatic rings. The minimum absolute atomic E-state index is 0.419. The van der Waals surface area contributed by atoms with Gasteiger partial charge in [-0.15, -0.1) is 0 Å². The number of benzene rings is 5. The van der Waals surface area contributed by atoms with Gasteiger partial charge in [0.25, 0.3) is 0 Å². The molecule has 6 aromatic rings. The van der Waals surface area contributed by atoms with Crippen LogP contribution in [-0.4, -0.2) is 15.0 Å². The van der Waals surface area contributed by atoms with Gasteiger partial charge in [-0.25, -0.2) is 15.0 Å². The normalized spacial score (nSPS) is 15.9. The van der Waals surface area contributed by atoms with Crippen LogP contribution >= 0.6 is 0 Å². The zero-order valence-corrected chi connectivity index (χ0v) is 23.0. The molecule has 0 saturated carbocycles. The number of nitrogens with zero attached hydrogens (tertiary/aromatic N) is 3. The lowest BCUT2D eigenvalue weighted by molar-refractivity contribution is 0.781. The fourth-order valence-electron chi connectivity index (χ4n) is 5.89. The predicted molar refractivity (Wildman–Crippen MR) is 174 cm³/mol. The van der Waals surface area contributed by atoms with Crippen LogP contribution in [0.1, 0.15) is 12.2 Å². The zero-order chi connectivity index (χ0) is 27.9.